The SMILES string of the molecule is c1ccc(-c2nc(-c3cccc4nc(-c5ccccc5)oc34)nc(-n3c4ccccc4c4ccc5c6ccccc6n(-c6ccc(C7CCCCC7)cc6)c5c43)n2)cc1. The third-order valence-corrected chi connectivity index (χ3v) is 12.2. The molecule has 0 unspecified atom stereocenters. The zero-order valence-corrected chi connectivity index (χ0v) is 32.3. The summed E-state index contributed by atoms with van der Waals surface area (Å²) in [6.45, 7) is 0. The van der Waals surface area contributed by atoms with Crippen molar-refractivity contribution in [3.63, 3.8) is 0 Å². The van der Waals surface area contributed by atoms with Crippen molar-refractivity contribution in [2.24, 2.45) is 0 Å². The second-order valence-corrected chi connectivity index (χ2v) is 15.7. The number of oxazole rings is 1. The van der Waals surface area contributed by atoms with Crippen LogP contribution < -0.4 is 0 Å². The van der Waals surface area contributed by atoms with Crippen LogP contribution in [-0.2, 0) is 0 Å². The van der Waals surface area contributed by atoms with Gasteiger partial charge < -0.3 is 8.98 Å². The van der Waals surface area contributed by atoms with E-state index in [0.29, 0.717) is 35.0 Å². The number of nitrogens with zero attached hydrogens (tertiary/aromatic N) is 6. The lowest BCUT2D eigenvalue weighted by molar-refractivity contribution is 0.443. The molecule has 1 fully saturated rings. The number of fused-ring (bicyclic) bond motifs is 8. The Bertz CT molecular complexity index is 3360. The second-order valence-electron chi connectivity index (χ2n) is 15.7. The van der Waals surface area contributed by atoms with Crippen molar-refractivity contribution in [1.82, 2.24) is 29.1 Å². The third-order valence-electron chi connectivity index (χ3n) is 12.2. The number of hydrogen-bond acceptors (Lipinski definition) is 5. The molecular formula is C52H38N6O. The predicted octanol–water partition coefficient (Wildman–Crippen LogP) is 13.3. The highest BCUT2D eigenvalue weighted by Crippen LogP contribution is 2.42. The van der Waals surface area contributed by atoms with Crippen molar-refractivity contribution in [2.75, 3.05) is 0 Å². The molecule has 282 valence electrons. The maximum atomic E-state index is 6.54. The summed E-state index contributed by atoms with van der Waals surface area (Å²) >= 11 is 0. The smallest absolute Gasteiger partial charge is 0.238 e. The summed E-state index contributed by atoms with van der Waals surface area (Å²) in [5.74, 6) is 2.79. The quantitative estimate of drug-likeness (QED) is 0.169. The minimum Gasteiger partial charge on any atom is -0.435 e. The van der Waals surface area contributed by atoms with Crippen molar-refractivity contribution < 1.29 is 4.42 Å². The van der Waals surface area contributed by atoms with Gasteiger partial charge in [-0.25, -0.2) is 9.97 Å². The zero-order chi connectivity index (χ0) is 38.9. The summed E-state index contributed by atoms with van der Waals surface area (Å²) < 4.78 is 11.2. The van der Waals surface area contributed by atoms with Crippen LogP contribution >= 0.6 is 0 Å². The Morgan fingerprint density at radius 3 is 1.78 bits per heavy atom. The Hall–Kier alpha value is -7.38. The lowest BCUT2D eigenvalue weighted by atomic mass is 9.84. The van der Waals surface area contributed by atoms with Crippen LogP contribution in [0, 0.1) is 0 Å². The van der Waals surface area contributed by atoms with Gasteiger partial charge in [0.25, 0.3) is 0 Å². The van der Waals surface area contributed by atoms with E-state index in [9.17, 15) is 0 Å². The summed E-state index contributed by atoms with van der Waals surface area (Å²) in [6, 6.07) is 57.3. The second kappa shape index (κ2) is 13.6. The Kier molecular flexibility index (Phi) is 7.79. The molecule has 0 amide bonds. The normalized spacial score (nSPS) is 13.7. The molecule has 1 aliphatic rings. The average molecular weight is 763 g/mol. The minimum absolute atomic E-state index is 0.507. The van der Waals surface area contributed by atoms with E-state index < -0.39 is 0 Å². The molecule has 7 nitrogen and oxygen atoms in total. The molecule has 7 heteroatoms. The molecule has 59 heavy (non-hydrogen) atoms. The van der Waals surface area contributed by atoms with Crippen LogP contribution in [0.5, 0.6) is 0 Å². The molecule has 11 aromatic rings. The molecule has 0 bridgehead atoms. The van der Waals surface area contributed by atoms with E-state index in [-0.39, 0.29) is 0 Å². The summed E-state index contributed by atoms with van der Waals surface area (Å²) in [5.41, 5.74) is 10.8. The Morgan fingerprint density at radius 2 is 1.07 bits per heavy atom. The molecule has 4 aromatic heterocycles. The van der Waals surface area contributed by atoms with Crippen LogP contribution in [-0.4, -0.2) is 29.1 Å². The van der Waals surface area contributed by atoms with Crippen molar-refractivity contribution in [3.05, 3.63) is 169 Å². The van der Waals surface area contributed by atoms with Gasteiger partial charge in [0.1, 0.15) is 5.52 Å². The van der Waals surface area contributed by atoms with Gasteiger partial charge in [0, 0.05) is 38.4 Å². The lowest BCUT2D eigenvalue weighted by Gasteiger charge is -2.22. The highest BCUT2D eigenvalue weighted by Gasteiger charge is 2.25. The Morgan fingerprint density at radius 1 is 0.458 bits per heavy atom. The molecule has 0 saturated heterocycles. The first-order valence-electron chi connectivity index (χ1n) is 20.6. The van der Waals surface area contributed by atoms with Crippen LogP contribution in [0.4, 0.5) is 0 Å². The topological polar surface area (TPSA) is 74.6 Å². The minimum atomic E-state index is 0.507. The number of hydrogen-bond donors (Lipinski definition) is 0. The molecule has 4 heterocycles. The molecule has 0 N–H and O–H groups in total. The monoisotopic (exact) mass is 762 g/mol. The van der Waals surface area contributed by atoms with Crippen LogP contribution in [0.3, 0.4) is 0 Å². The molecule has 7 aromatic carbocycles. The highest BCUT2D eigenvalue weighted by molar-refractivity contribution is 6.23. The highest BCUT2D eigenvalue weighted by atomic mass is 16.3. The van der Waals surface area contributed by atoms with E-state index in [1.165, 1.54) is 48.4 Å². The average Bonchev–Trinajstić information content (AvgIpc) is 4.01. The molecule has 0 radical (unpaired) electrons. The summed E-state index contributed by atoms with van der Waals surface area (Å²) in [6.07, 6.45) is 6.52. The fourth-order valence-electron chi connectivity index (χ4n) is 9.44. The van der Waals surface area contributed by atoms with E-state index in [1.54, 1.807) is 0 Å². The number of para-hydroxylation sites is 3. The van der Waals surface area contributed by atoms with Crippen molar-refractivity contribution in [1.29, 1.82) is 0 Å². The van der Waals surface area contributed by atoms with E-state index >= 15 is 0 Å². The molecule has 0 atom stereocenters. The fourth-order valence-corrected chi connectivity index (χ4v) is 9.44. The Balaban J connectivity index is 1.15. The van der Waals surface area contributed by atoms with Gasteiger partial charge in [0.05, 0.1) is 27.6 Å². The molecule has 1 aliphatic carbocycles. The summed E-state index contributed by atoms with van der Waals surface area (Å²) in [4.78, 5) is 20.7. The fraction of sp³-hybridized carbons (Fsp3) is 0.115. The van der Waals surface area contributed by atoms with E-state index in [0.717, 1.165) is 60.7 Å². The number of rotatable bonds is 6. The van der Waals surface area contributed by atoms with Crippen LogP contribution in [0.25, 0.3) is 101 Å². The Labute approximate surface area is 340 Å². The van der Waals surface area contributed by atoms with Crippen LogP contribution in [0.2, 0.25) is 0 Å². The number of aromatic nitrogens is 6. The standard InChI is InChI=1S/C52H38N6O/c1-4-15-33(16-5-1)34-27-29-37(30-28-34)57-44-25-12-10-21-38(44)40-31-32-41-39-22-11-13-26-45(39)58(47(41)46(40)57)52-55-49(35-17-6-2-7-18-35)54-50(56-52)42-23-14-24-43-48(42)59-51(53-43)36-19-8-3-9-20-36/h2-3,6-14,17-33H,1,4-5,15-16H2. The summed E-state index contributed by atoms with van der Waals surface area (Å²) in [5, 5.41) is 4.63. The first kappa shape index (κ1) is 33.7. The molecule has 0 aliphatic heterocycles. The maximum absolute atomic E-state index is 6.54. The van der Waals surface area contributed by atoms with Gasteiger partial charge in [0.15, 0.2) is 17.2 Å². The van der Waals surface area contributed by atoms with Gasteiger partial charge in [-0.05, 0) is 72.9 Å². The summed E-state index contributed by atoms with van der Waals surface area (Å²) in [7, 11) is 0. The van der Waals surface area contributed by atoms with Gasteiger partial charge in [-0.1, -0.05) is 135 Å². The molecule has 0 spiro atoms. The van der Waals surface area contributed by atoms with Gasteiger partial charge in [-0.2, -0.15) is 9.97 Å². The van der Waals surface area contributed by atoms with E-state index in [1.807, 2.05) is 78.9 Å². The van der Waals surface area contributed by atoms with E-state index in [2.05, 4.69) is 94.1 Å². The van der Waals surface area contributed by atoms with Gasteiger partial charge in [-0.15, -0.1) is 0 Å². The van der Waals surface area contributed by atoms with Gasteiger partial charge in [0.2, 0.25) is 11.8 Å². The van der Waals surface area contributed by atoms with Crippen molar-refractivity contribution in [2.45, 2.75) is 38.0 Å². The van der Waals surface area contributed by atoms with Crippen molar-refractivity contribution in [3.8, 4) is 45.9 Å². The maximum Gasteiger partial charge on any atom is 0.238 e. The zero-order valence-electron chi connectivity index (χ0n) is 32.3. The molecule has 1 saturated carbocycles. The number of benzene rings is 7. The van der Waals surface area contributed by atoms with Gasteiger partial charge in [-0.3, -0.25) is 4.57 Å². The third kappa shape index (κ3) is 5.49. The van der Waals surface area contributed by atoms with Crippen molar-refractivity contribution >= 4 is 54.7 Å². The molecular weight excluding hydrogens is 725 g/mol. The van der Waals surface area contributed by atoms with Crippen LogP contribution in [0.15, 0.2) is 168 Å². The molecule has 12 rings (SSSR count). The largest absolute Gasteiger partial charge is 0.435 e. The lowest BCUT2D eigenvalue weighted by Crippen LogP contribution is -2.07. The van der Waals surface area contributed by atoms with Gasteiger partial charge >= 0.3 is 0 Å². The van der Waals surface area contributed by atoms with E-state index in [4.69, 9.17) is 24.4 Å². The first-order valence-corrected chi connectivity index (χ1v) is 20.6. The predicted molar refractivity (Wildman–Crippen MR) is 238 cm³/mol. The van der Waals surface area contributed by atoms with Crippen LogP contribution in [0.1, 0.15) is 43.6 Å². The first-order chi connectivity index (χ1) is 29.3.